The summed E-state index contributed by atoms with van der Waals surface area (Å²) in [5.74, 6) is -0.192. The fourth-order valence-electron chi connectivity index (χ4n) is 2.76. The number of anilines is 1. The van der Waals surface area contributed by atoms with Crippen LogP contribution in [0.1, 0.15) is 9.67 Å². The van der Waals surface area contributed by atoms with Gasteiger partial charge in [-0.25, -0.2) is 13.4 Å². The smallest absolute Gasteiger partial charge is 0.267 e. The number of amides is 1. The quantitative estimate of drug-likeness (QED) is 0.665. The lowest BCUT2D eigenvalue weighted by atomic mass is 10.2. The normalized spacial score (nSPS) is 15.4. The van der Waals surface area contributed by atoms with E-state index in [-0.39, 0.29) is 10.8 Å². The number of rotatable bonds is 5. The Bertz CT molecular complexity index is 1050. The Balaban J connectivity index is 1.48. The average Bonchev–Trinajstić information content (AvgIpc) is 3.41. The molecule has 1 aliphatic rings. The second kappa shape index (κ2) is 8.10. The van der Waals surface area contributed by atoms with Crippen molar-refractivity contribution in [2.24, 2.45) is 0 Å². The number of carbonyl (C=O) groups excluding carboxylic acids is 1. The second-order valence-electron chi connectivity index (χ2n) is 6.01. The maximum absolute atomic E-state index is 12.7. The summed E-state index contributed by atoms with van der Waals surface area (Å²) >= 11 is 2.69. The Morgan fingerprint density at radius 1 is 1.11 bits per heavy atom. The molecular formula is C18H17N3O4S3. The van der Waals surface area contributed by atoms with Crippen LogP contribution < -0.4 is 5.32 Å². The molecule has 0 atom stereocenters. The van der Waals surface area contributed by atoms with Crippen molar-refractivity contribution in [3.8, 4) is 11.3 Å². The Kier molecular flexibility index (Phi) is 5.56. The van der Waals surface area contributed by atoms with E-state index in [9.17, 15) is 13.2 Å². The molecule has 0 spiro atoms. The van der Waals surface area contributed by atoms with E-state index in [2.05, 4.69) is 10.3 Å². The van der Waals surface area contributed by atoms with Crippen LogP contribution >= 0.6 is 22.7 Å². The molecule has 1 saturated heterocycles. The van der Waals surface area contributed by atoms with Crippen LogP contribution in [0.5, 0.6) is 0 Å². The van der Waals surface area contributed by atoms with Crippen molar-refractivity contribution in [2.45, 2.75) is 4.90 Å². The number of ether oxygens (including phenoxy) is 1. The third-order valence-corrected chi connectivity index (χ3v) is 7.77. The minimum Gasteiger partial charge on any atom is -0.379 e. The van der Waals surface area contributed by atoms with Gasteiger partial charge in [-0.15, -0.1) is 22.7 Å². The zero-order valence-corrected chi connectivity index (χ0v) is 17.1. The van der Waals surface area contributed by atoms with E-state index in [1.165, 1.54) is 27.0 Å². The molecule has 4 rings (SSSR count). The molecule has 10 heteroatoms. The molecule has 1 fully saturated rings. The first-order valence-electron chi connectivity index (χ1n) is 8.53. The predicted octanol–water partition coefficient (Wildman–Crippen LogP) is 3.14. The van der Waals surface area contributed by atoms with Gasteiger partial charge >= 0.3 is 0 Å². The van der Waals surface area contributed by atoms with Gasteiger partial charge in [-0.2, -0.15) is 4.31 Å². The molecule has 28 heavy (non-hydrogen) atoms. The van der Waals surface area contributed by atoms with Gasteiger partial charge in [0.15, 0.2) is 5.13 Å². The summed E-state index contributed by atoms with van der Waals surface area (Å²) in [5, 5.41) is 6.95. The largest absolute Gasteiger partial charge is 0.379 e. The standard InChI is InChI=1S/C18H17N3O4S3/c22-17(16-2-1-11-26-16)20-18-19-15(12-27-18)13-3-5-14(6-4-13)28(23,24)21-7-9-25-10-8-21/h1-6,11-12H,7-10H2,(H,19,20,22). The summed E-state index contributed by atoms with van der Waals surface area (Å²) in [7, 11) is -3.52. The van der Waals surface area contributed by atoms with Gasteiger partial charge in [0, 0.05) is 24.0 Å². The molecule has 0 bridgehead atoms. The topological polar surface area (TPSA) is 88.6 Å². The maximum Gasteiger partial charge on any atom is 0.267 e. The van der Waals surface area contributed by atoms with Crippen molar-refractivity contribution < 1.29 is 17.9 Å². The summed E-state index contributed by atoms with van der Waals surface area (Å²) in [4.78, 5) is 17.4. The second-order valence-corrected chi connectivity index (χ2v) is 9.75. The monoisotopic (exact) mass is 435 g/mol. The van der Waals surface area contributed by atoms with Crippen molar-refractivity contribution in [2.75, 3.05) is 31.6 Å². The number of morpholine rings is 1. The van der Waals surface area contributed by atoms with Gasteiger partial charge in [-0.3, -0.25) is 10.1 Å². The molecule has 1 aromatic carbocycles. The van der Waals surface area contributed by atoms with Crippen LogP contribution in [0, 0.1) is 0 Å². The number of hydrogen-bond acceptors (Lipinski definition) is 7. The number of nitrogens with zero attached hydrogens (tertiary/aromatic N) is 2. The minimum absolute atomic E-state index is 0.192. The van der Waals surface area contributed by atoms with E-state index in [1.807, 2.05) is 16.8 Å². The highest BCUT2D eigenvalue weighted by atomic mass is 32.2. The summed E-state index contributed by atoms with van der Waals surface area (Å²) in [6.45, 7) is 1.55. The fraction of sp³-hybridized carbons (Fsp3) is 0.222. The Hall–Kier alpha value is -2.11. The van der Waals surface area contributed by atoms with Gasteiger partial charge < -0.3 is 4.74 Å². The average molecular weight is 436 g/mol. The van der Waals surface area contributed by atoms with Crippen LogP contribution in [0.15, 0.2) is 52.1 Å². The van der Waals surface area contributed by atoms with Gasteiger partial charge in [0.05, 0.1) is 28.7 Å². The van der Waals surface area contributed by atoms with Crippen LogP contribution in [-0.2, 0) is 14.8 Å². The van der Waals surface area contributed by atoms with Gasteiger partial charge in [-0.05, 0) is 23.6 Å². The molecule has 0 aliphatic carbocycles. The highest BCUT2D eigenvalue weighted by Gasteiger charge is 2.26. The third kappa shape index (κ3) is 4.01. The van der Waals surface area contributed by atoms with Gasteiger partial charge in [0.1, 0.15) is 0 Å². The SMILES string of the molecule is O=C(Nc1nc(-c2ccc(S(=O)(=O)N3CCOCC3)cc2)cs1)c1cccs1. The van der Waals surface area contributed by atoms with Crippen LogP contribution in [0.2, 0.25) is 0 Å². The summed E-state index contributed by atoms with van der Waals surface area (Å²) in [6, 6.07) is 10.2. The highest BCUT2D eigenvalue weighted by Crippen LogP contribution is 2.27. The molecular weight excluding hydrogens is 418 g/mol. The van der Waals surface area contributed by atoms with E-state index in [1.54, 1.807) is 30.3 Å². The van der Waals surface area contributed by atoms with Crippen LogP contribution in [0.25, 0.3) is 11.3 Å². The zero-order chi connectivity index (χ0) is 19.6. The Labute approximate surface area is 170 Å². The lowest BCUT2D eigenvalue weighted by molar-refractivity contribution is 0.0730. The molecule has 0 unspecified atom stereocenters. The predicted molar refractivity (Wildman–Crippen MR) is 109 cm³/mol. The van der Waals surface area contributed by atoms with Crippen molar-refractivity contribution in [3.63, 3.8) is 0 Å². The maximum atomic E-state index is 12.7. The van der Waals surface area contributed by atoms with E-state index >= 15 is 0 Å². The van der Waals surface area contributed by atoms with Crippen molar-refractivity contribution in [1.29, 1.82) is 0 Å². The van der Waals surface area contributed by atoms with Crippen LogP contribution in [0.3, 0.4) is 0 Å². The van der Waals surface area contributed by atoms with Crippen molar-refractivity contribution in [3.05, 3.63) is 52.0 Å². The fourth-order valence-corrected chi connectivity index (χ4v) is 5.51. The molecule has 3 aromatic rings. The Morgan fingerprint density at radius 3 is 2.54 bits per heavy atom. The molecule has 0 saturated carbocycles. The van der Waals surface area contributed by atoms with Crippen LogP contribution in [0.4, 0.5) is 5.13 Å². The summed E-state index contributed by atoms with van der Waals surface area (Å²) in [5.41, 5.74) is 1.47. The summed E-state index contributed by atoms with van der Waals surface area (Å²) in [6.07, 6.45) is 0. The summed E-state index contributed by atoms with van der Waals surface area (Å²) < 4.78 is 32.0. The molecule has 3 heterocycles. The molecule has 1 amide bonds. The van der Waals surface area contributed by atoms with E-state index in [4.69, 9.17) is 4.74 Å². The van der Waals surface area contributed by atoms with Crippen molar-refractivity contribution >= 4 is 43.7 Å². The number of benzene rings is 1. The molecule has 2 aromatic heterocycles. The number of thiophene rings is 1. The third-order valence-electron chi connectivity index (χ3n) is 4.23. The van der Waals surface area contributed by atoms with Gasteiger partial charge in [0.2, 0.25) is 10.0 Å². The molecule has 1 aliphatic heterocycles. The van der Waals surface area contributed by atoms with Gasteiger partial charge in [-0.1, -0.05) is 18.2 Å². The van der Waals surface area contributed by atoms with E-state index in [0.717, 1.165) is 5.56 Å². The van der Waals surface area contributed by atoms with Gasteiger partial charge in [0.25, 0.3) is 5.91 Å². The number of nitrogens with one attached hydrogen (secondary N) is 1. The molecule has 146 valence electrons. The van der Waals surface area contributed by atoms with E-state index < -0.39 is 10.0 Å². The number of aromatic nitrogens is 1. The number of hydrogen-bond donors (Lipinski definition) is 1. The lowest BCUT2D eigenvalue weighted by Crippen LogP contribution is -2.40. The number of sulfonamides is 1. The first-order valence-corrected chi connectivity index (χ1v) is 11.7. The number of thiazole rings is 1. The van der Waals surface area contributed by atoms with E-state index in [0.29, 0.717) is 42.0 Å². The van der Waals surface area contributed by atoms with Crippen molar-refractivity contribution in [1.82, 2.24) is 9.29 Å². The van der Waals surface area contributed by atoms with Crippen LogP contribution in [-0.4, -0.2) is 49.9 Å². The lowest BCUT2D eigenvalue weighted by Gasteiger charge is -2.26. The molecule has 1 N–H and O–H groups in total. The minimum atomic E-state index is -3.52. The molecule has 0 radical (unpaired) electrons. The first-order chi connectivity index (χ1) is 13.5. The zero-order valence-electron chi connectivity index (χ0n) is 14.7. The number of carbonyl (C=O) groups is 1. The first kappa shape index (κ1) is 19.2. The molecule has 7 nitrogen and oxygen atoms in total. The Morgan fingerprint density at radius 2 is 1.86 bits per heavy atom. The highest BCUT2D eigenvalue weighted by molar-refractivity contribution is 7.89.